The molecule has 0 fully saturated rings. The fraction of sp³-hybridized carbons (Fsp3) is 0.500. The minimum Gasteiger partial charge on any atom is -0.493 e. The van der Waals surface area contributed by atoms with Crippen molar-refractivity contribution in [3.05, 3.63) is 45.1 Å². The number of aryl methyl sites for hydroxylation is 1. The number of rotatable bonds is 11. The summed E-state index contributed by atoms with van der Waals surface area (Å²) in [6.07, 6.45) is 3.13. The first-order valence-electron chi connectivity index (χ1n) is 11.6. The highest BCUT2D eigenvalue weighted by Gasteiger charge is 2.11. The zero-order valence-corrected chi connectivity index (χ0v) is 22.2. The monoisotopic (exact) mass is 467 g/mol. The maximum Gasteiger partial charge on any atom is 0.135 e. The molecule has 0 saturated heterocycles. The van der Waals surface area contributed by atoms with Crippen LogP contribution in [0, 0.1) is 30.6 Å². The van der Waals surface area contributed by atoms with Crippen LogP contribution in [-0.2, 0) is 0 Å². The topological polar surface area (TPSA) is 21.7 Å². The number of nitrogens with zero attached hydrogens (tertiary/aromatic N) is 2. The Morgan fingerprint density at radius 1 is 0.879 bits per heavy atom. The lowest BCUT2D eigenvalue weighted by Gasteiger charge is -2.23. The average molecular weight is 468 g/mol. The summed E-state index contributed by atoms with van der Waals surface area (Å²) >= 11 is 1.61. The van der Waals surface area contributed by atoms with E-state index in [2.05, 4.69) is 76.8 Å². The van der Waals surface area contributed by atoms with E-state index < -0.39 is 0 Å². The van der Waals surface area contributed by atoms with E-state index in [-0.39, 0.29) is 0 Å². The van der Waals surface area contributed by atoms with E-state index in [0.29, 0.717) is 13.2 Å². The van der Waals surface area contributed by atoms with Crippen molar-refractivity contribution in [2.45, 2.75) is 33.1 Å². The number of benzene rings is 1. The van der Waals surface area contributed by atoms with Gasteiger partial charge in [-0.05, 0) is 77.2 Å². The third-order valence-corrected chi connectivity index (χ3v) is 5.86. The van der Waals surface area contributed by atoms with Crippen molar-refractivity contribution in [3.63, 3.8) is 0 Å². The van der Waals surface area contributed by atoms with Gasteiger partial charge in [-0.3, -0.25) is 0 Å². The number of quaternary nitrogens is 1. The van der Waals surface area contributed by atoms with Gasteiger partial charge in [0.2, 0.25) is 0 Å². The van der Waals surface area contributed by atoms with Crippen LogP contribution in [0.4, 0.5) is 0 Å². The molecule has 0 aliphatic carbocycles. The molecule has 2 rings (SSSR count). The van der Waals surface area contributed by atoms with E-state index in [1.54, 1.807) is 11.3 Å². The van der Waals surface area contributed by atoms with Crippen molar-refractivity contribution in [1.82, 2.24) is 4.90 Å². The van der Waals surface area contributed by atoms with Crippen molar-refractivity contribution in [2.75, 3.05) is 61.5 Å². The van der Waals surface area contributed by atoms with Gasteiger partial charge in [0.25, 0.3) is 0 Å². The maximum absolute atomic E-state index is 6.18. The Balaban J connectivity index is 2.17. The molecule has 178 valence electrons. The molecule has 0 radical (unpaired) electrons. The predicted molar refractivity (Wildman–Crippen MR) is 140 cm³/mol. The van der Waals surface area contributed by atoms with E-state index in [4.69, 9.17) is 9.47 Å². The fourth-order valence-corrected chi connectivity index (χ4v) is 3.96. The Bertz CT molecular complexity index is 1010. The molecule has 0 N–H and O–H groups in total. The Hall–Kier alpha value is -2.44. The summed E-state index contributed by atoms with van der Waals surface area (Å²) < 4.78 is 13.2. The zero-order valence-electron chi connectivity index (χ0n) is 21.4. The molecule has 0 aliphatic rings. The van der Waals surface area contributed by atoms with Crippen LogP contribution >= 0.6 is 11.3 Å². The Morgan fingerprint density at radius 3 is 2.21 bits per heavy atom. The molecule has 0 aliphatic heterocycles. The fourth-order valence-electron chi connectivity index (χ4n) is 3.19. The highest BCUT2D eigenvalue weighted by Crippen LogP contribution is 2.29. The normalized spacial score (nSPS) is 10.9. The Kier molecular flexibility index (Phi) is 10.8. The molecular formula is C28H39N2O2S+. The van der Waals surface area contributed by atoms with Crippen LogP contribution in [0.5, 0.6) is 11.5 Å². The van der Waals surface area contributed by atoms with E-state index in [1.165, 1.54) is 0 Å². The van der Waals surface area contributed by atoms with Crippen LogP contribution in [0.15, 0.2) is 24.3 Å². The van der Waals surface area contributed by atoms with Crippen molar-refractivity contribution in [2.24, 2.45) is 0 Å². The lowest BCUT2D eigenvalue weighted by atomic mass is 10.1. The summed E-state index contributed by atoms with van der Waals surface area (Å²) in [4.78, 5) is 4.23. The van der Waals surface area contributed by atoms with Gasteiger partial charge < -0.3 is 18.9 Å². The first-order valence-corrected chi connectivity index (χ1v) is 12.4. The molecule has 0 atom stereocenters. The quantitative estimate of drug-likeness (QED) is 0.263. The van der Waals surface area contributed by atoms with Crippen LogP contribution in [0.1, 0.15) is 47.1 Å². The van der Waals surface area contributed by atoms with Gasteiger partial charge >= 0.3 is 0 Å². The minimum absolute atomic E-state index is 0.670. The maximum atomic E-state index is 6.18. The lowest BCUT2D eigenvalue weighted by Crippen LogP contribution is -2.35. The van der Waals surface area contributed by atoms with Crippen LogP contribution in [0.3, 0.4) is 0 Å². The van der Waals surface area contributed by atoms with E-state index in [9.17, 15) is 0 Å². The second-order valence-electron chi connectivity index (χ2n) is 9.48. The standard InChI is InChI=1S/C28H39N2O2S/c1-8-12-25-15-16-26(33-25)14-13-24-22-27(31-19-10-9-17-29(3)4)23(2)21-28(24)32-20-11-18-30(5,6)7/h15-16,21-22H,9-11,17-20H2,1-7H3/q+1. The number of unbranched alkanes of at least 4 members (excludes halogenated alkanes) is 1. The third-order valence-electron chi connectivity index (χ3n) is 4.94. The smallest absolute Gasteiger partial charge is 0.135 e. The zero-order chi connectivity index (χ0) is 24.3. The van der Waals surface area contributed by atoms with E-state index in [1.807, 2.05) is 25.1 Å². The van der Waals surface area contributed by atoms with Crippen LogP contribution < -0.4 is 9.47 Å². The highest BCUT2D eigenvalue weighted by atomic mass is 32.1. The van der Waals surface area contributed by atoms with E-state index >= 15 is 0 Å². The van der Waals surface area contributed by atoms with Gasteiger partial charge in [-0.2, -0.15) is 0 Å². The summed E-state index contributed by atoms with van der Waals surface area (Å²) in [5.41, 5.74) is 1.94. The molecule has 4 nitrogen and oxygen atoms in total. The van der Waals surface area contributed by atoms with E-state index in [0.717, 1.165) is 69.2 Å². The number of thiophene rings is 1. The first kappa shape index (κ1) is 26.8. The molecule has 5 heteroatoms. The van der Waals surface area contributed by atoms with Gasteiger partial charge in [0.05, 0.1) is 56.2 Å². The highest BCUT2D eigenvalue weighted by molar-refractivity contribution is 7.13. The van der Waals surface area contributed by atoms with Crippen molar-refractivity contribution in [1.29, 1.82) is 0 Å². The van der Waals surface area contributed by atoms with Crippen LogP contribution in [0.2, 0.25) is 0 Å². The van der Waals surface area contributed by atoms with Gasteiger partial charge in [0, 0.05) is 6.42 Å². The summed E-state index contributed by atoms with van der Waals surface area (Å²) in [6.45, 7) is 7.43. The largest absolute Gasteiger partial charge is 0.493 e. The van der Waals surface area contributed by atoms with Gasteiger partial charge in [-0.1, -0.05) is 17.8 Å². The summed E-state index contributed by atoms with van der Waals surface area (Å²) in [5.74, 6) is 14.3. The molecule has 0 spiro atoms. The van der Waals surface area contributed by atoms with Crippen LogP contribution in [-0.4, -0.2) is 70.9 Å². The molecule has 0 amide bonds. The molecule has 1 aromatic carbocycles. The SMILES string of the molecule is CC#Cc1ccc(C#Cc2cc(OCCCCN(C)C)c(C)cc2OCCC[N+](C)(C)C)s1. The minimum atomic E-state index is 0.670. The van der Waals surface area contributed by atoms with Crippen molar-refractivity contribution < 1.29 is 14.0 Å². The molecule has 33 heavy (non-hydrogen) atoms. The summed E-state index contributed by atoms with van der Waals surface area (Å²) in [6, 6.07) is 8.14. The molecule has 0 bridgehead atoms. The number of ether oxygens (including phenoxy) is 2. The molecule has 0 saturated carbocycles. The van der Waals surface area contributed by atoms with Gasteiger partial charge in [-0.25, -0.2) is 0 Å². The summed E-state index contributed by atoms with van der Waals surface area (Å²) in [7, 11) is 10.8. The van der Waals surface area contributed by atoms with Gasteiger partial charge in [-0.15, -0.1) is 17.3 Å². The van der Waals surface area contributed by atoms with Crippen molar-refractivity contribution >= 4 is 11.3 Å². The van der Waals surface area contributed by atoms with Crippen LogP contribution in [0.25, 0.3) is 0 Å². The molecule has 1 heterocycles. The summed E-state index contributed by atoms with van der Waals surface area (Å²) in [5, 5.41) is 0. The average Bonchev–Trinajstić information content (AvgIpc) is 3.18. The van der Waals surface area contributed by atoms with Crippen molar-refractivity contribution in [3.8, 4) is 35.2 Å². The number of hydrogen-bond donors (Lipinski definition) is 0. The molecule has 0 unspecified atom stereocenters. The third kappa shape index (κ3) is 10.4. The molecular weight excluding hydrogens is 428 g/mol. The van der Waals surface area contributed by atoms with Gasteiger partial charge in [0.15, 0.2) is 0 Å². The predicted octanol–water partition coefficient (Wildman–Crippen LogP) is 5.02. The Labute approximate surface area is 205 Å². The second-order valence-corrected chi connectivity index (χ2v) is 10.6. The first-order chi connectivity index (χ1) is 15.7. The molecule has 1 aromatic heterocycles. The lowest BCUT2D eigenvalue weighted by molar-refractivity contribution is -0.870. The number of hydrogen-bond acceptors (Lipinski definition) is 4. The Morgan fingerprint density at radius 2 is 1.55 bits per heavy atom. The second kappa shape index (κ2) is 13.3. The molecule has 2 aromatic rings. The van der Waals surface area contributed by atoms with Gasteiger partial charge in [0.1, 0.15) is 11.5 Å².